The van der Waals surface area contributed by atoms with Gasteiger partial charge in [-0.1, -0.05) is 60.7 Å². The Bertz CT molecular complexity index is 814. The zero-order chi connectivity index (χ0) is 21.3. The standard InChI is InChI=1S/C23H27NO5/c1-22(2,3)29-20(26)23(14-15-25,16-18-10-6-4-7-11-18)24-21(27)28-17-19-12-8-5-9-13-19/h4-13,15H,14,16-17H2,1-3H3,(H,24,27). The van der Waals surface area contributed by atoms with Crippen molar-refractivity contribution in [3.63, 3.8) is 0 Å². The van der Waals surface area contributed by atoms with Gasteiger partial charge < -0.3 is 19.6 Å². The van der Waals surface area contributed by atoms with Crippen molar-refractivity contribution >= 4 is 18.3 Å². The van der Waals surface area contributed by atoms with Crippen molar-refractivity contribution in [3.8, 4) is 0 Å². The minimum absolute atomic E-state index is 0.0451. The number of alkyl carbamates (subject to hydrolysis) is 1. The number of amides is 1. The Morgan fingerprint density at radius 3 is 2.00 bits per heavy atom. The van der Waals surface area contributed by atoms with Crippen molar-refractivity contribution in [2.45, 2.75) is 51.4 Å². The van der Waals surface area contributed by atoms with Gasteiger partial charge in [0.15, 0.2) is 5.54 Å². The van der Waals surface area contributed by atoms with Crippen LogP contribution < -0.4 is 5.32 Å². The van der Waals surface area contributed by atoms with Crippen molar-refractivity contribution in [1.29, 1.82) is 0 Å². The predicted octanol–water partition coefficient (Wildman–Crippen LogP) is 3.83. The molecule has 0 aromatic heterocycles. The van der Waals surface area contributed by atoms with Crippen LogP contribution in [0.25, 0.3) is 0 Å². The predicted molar refractivity (Wildman–Crippen MR) is 109 cm³/mol. The first-order chi connectivity index (χ1) is 13.7. The van der Waals surface area contributed by atoms with Crippen molar-refractivity contribution in [2.24, 2.45) is 0 Å². The molecule has 0 radical (unpaired) electrons. The molecule has 1 unspecified atom stereocenters. The largest absolute Gasteiger partial charge is 0.458 e. The van der Waals surface area contributed by atoms with Crippen LogP contribution in [-0.4, -0.2) is 29.5 Å². The molecule has 0 saturated heterocycles. The van der Waals surface area contributed by atoms with Crippen LogP contribution in [0.3, 0.4) is 0 Å². The van der Waals surface area contributed by atoms with Crippen molar-refractivity contribution < 1.29 is 23.9 Å². The number of hydrogen-bond donors (Lipinski definition) is 1. The number of nitrogens with one attached hydrogen (secondary N) is 1. The van der Waals surface area contributed by atoms with Crippen LogP contribution in [-0.2, 0) is 32.1 Å². The summed E-state index contributed by atoms with van der Waals surface area (Å²) in [6, 6.07) is 18.3. The third kappa shape index (κ3) is 7.07. The minimum Gasteiger partial charge on any atom is -0.458 e. The van der Waals surface area contributed by atoms with Gasteiger partial charge in [0.1, 0.15) is 18.5 Å². The lowest BCUT2D eigenvalue weighted by Gasteiger charge is -2.33. The quantitative estimate of drug-likeness (QED) is 0.541. The van der Waals surface area contributed by atoms with Gasteiger partial charge in [-0.25, -0.2) is 9.59 Å². The zero-order valence-corrected chi connectivity index (χ0v) is 17.0. The Hall–Kier alpha value is -3.15. The lowest BCUT2D eigenvalue weighted by atomic mass is 9.87. The van der Waals surface area contributed by atoms with Gasteiger partial charge in [0, 0.05) is 12.8 Å². The number of benzene rings is 2. The number of ether oxygens (including phenoxy) is 2. The third-order valence-corrected chi connectivity index (χ3v) is 4.12. The van der Waals surface area contributed by atoms with Gasteiger partial charge in [-0.15, -0.1) is 0 Å². The number of hydrogen-bond acceptors (Lipinski definition) is 5. The number of carbonyl (C=O) groups excluding carboxylic acids is 3. The maximum atomic E-state index is 13.0. The van der Waals surface area contributed by atoms with Gasteiger partial charge in [0.25, 0.3) is 0 Å². The molecule has 2 aromatic rings. The maximum absolute atomic E-state index is 13.0. The minimum atomic E-state index is -1.57. The fraction of sp³-hybridized carbons (Fsp3) is 0.348. The first-order valence-electron chi connectivity index (χ1n) is 9.44. The highest BCUT2D eigenvalue weighted by molar-refractivity contribution is 5.89. The molecule has 2 aromatic carbocycles. The van der Waals surface area contributed by atoms with Gasteiger partial charge >= 0.3 is 12.1 Å². The smallest absolute Gasteiger partial charge is 0.408 e. The molecule has 0 aliphatic carbocycles. The number of esters is 1. The third-order valence-electron chi connectivity index (χ3n) is 4.12. The Labute approximate surface area is 171 Å². The average Bonchev–Trinajstić information content (AvgIpc) is 2.67. The van der Waals surface area contributed by atoms with Gasteiger partial charge in [-0.3, -0.25) is 0 Å². The molecule has 0 heterocycles. The van der Waals surface area contributed by atoms with Crippen LogP contribution in [0.15, 0.2) is 60.7 Å². The number of carbonyl (C=O) groups is 3. The van der Waals surface area contributed by atoms with Gasteiger partial charge in [0.05, 0.1) is 0 Å². The first kappa shape index (κ1) is 22.1. The van der Waals surface area contributed by atoms with E-state index < -0.39 is 23.2 Å². The summed E-state index contributed by atoms with van der Waals surface area (Å²) in [7, 11) is 0. The van der Waals surface area contributed by atoms with Gasteiger partial charge in [0.2, 0.25) is 0 Å². The topological polar surface area (TPSA) is 81.7 Å². The molecule has 29 heavy (non-hydrogen) atoms. The molecule has 0 saturated carbocycles. The molecule has 0 spiro atoms. The lowest BCUT2D eigenvalue weighted by molar-refractivity contribution is -0.164. The molecular weight excluding hydrogens is 370 g/mol. The second kappa shape index (κ2) is 9.87. The lowest BCUT2D eigenvalue weighted by Crippen LogP contribution is -2.58. The molecule has 1 amide bonds. The van der Waals surface area contributed by atoms with E-state index in [1.54, 1.807) is 20.8 Å². The van der Waals surface area contributed by atoms with E-state index in [9.17, 15) is 14.4 Å². The molecule has 1 N–H and O–H groups in total. The summed E-state index contributed by atoms with van der Waals surface area (Å²) in [5, 5.41) is 2.61. The van der Waals surface area contributed by atoms with E-state index in [-0.39, 0.29) is 19.4 Å². The molecule has 0 bridgehead atoms. The van der Waals surface area contributed by atoms with Crippen LogP contribution in [0, 0.1) is 0 Å². The molecule has 0 fully saturated rings. The second-order valence-electron chi connectivity index (χ2n) is 7.80. The highest BCUT2D eigenvalue weighted by Crippen LogP contribution is 2.23. The SMILES string of the molecule is CC(C)(C)OC(=O)C(CC=O)(Cc1ccccc1)NC(=O)OCc1ccccc1. The van der Waals surface area contributed by atoms with E-state index in [1.165, 1.54) is 0 Å². The van der Waals surface area contributed by atoms with Crippen LogP contribution in [0.2, 0.25) is 0 Å². The summed E-state index contributed by atoms with van der Waals surface area (Å²) in [6.45, 7) is 5.23. The molecule has 0 aliphatic rings. The van der Waals surface area contributed by atoms with Crippen LogP contribution in [0.4, 0.5) is 4.79 Å². The van der Waals surface area contributed by atoms with Crippen LogP contribution in [0.5, 0.6) is 0 Å². The molecule has 6 nitrogen and oxygen atoms in total. The van der Waals surface area contributed by atoms with E-state index in [1.807, 2.05) is 60.7 Å². The number of rotatable bonds is 8. The summed E-state index contributed by atoms with van der Waals surface area (Å²) in [5.41, 5.74) is -0.755. The molecular formula is C23H27NO5. The molecule has 1 atom stereocenters. The average molecular weight is 397 g/mol. The highest BCUT2D eigenvalue weighted by Gasteiger charge is 2.43. The summed E-state index contributed by atoms with van der Waals surface area (Å²) >= 11 is 0. The van der Waals surface area contributed by atoms with Crippen molar-refractivity contribution in [2.75, 3.05) is 0 Å². The molecule has 6 heteroatoms. The normalized spacial score (nSPS) is 13.1. The highest BCUT2D eigenvalue weighted by atomic mass is 16.6. The number of aldehydes is 1. The molecule has 0 aliphatic heterocycles. The fourth-order valence-electron chi connectivity index (χ4n) is 2.79. The Morgan fingerprint density at radius 1 is 0.931 bits per heavy atom. The molecule has 2 rings (SSSR count). The van der Waals surface area contributed by atoms with E-state index in [0.29, 0.717) is 6.29 Å². The van der Waals surface area contributed by atoms with E-state index in [0.717, 1.165) is 11.1 Å². The Morgan fingerprint density at radius 2 is 1.48 bits per heavy atom. The maximum Gasteiger partial charge on any atom is 0.408 e. The van der Waals surface area contributed by atoms with Crippen molar-refractivity contribution in [3.05, 3.63) is 71.8 Å². The monoisotopic (exact) mass is 397 g/mol. The fourth-order valence-corrected chi connectivity index (χ4v) is 2.79. The van der Waals surface area contributed by atoms with E-state index in [4.69, 9.17) is 9.47 Å². The Balaban J connectivity index is 2.24. The second-order valence-corrected chi connectivity index (χ2v) is 7.80. The summed E-state index contributed by atoms with van der Waals surface area (Å²) < 4.78 is 10.8. The van der Waals surface area contributed by atoms with Gasteiger partial charge in [-0.2, -0.15) is 0 Å². The van der Waals surface area contributed by atoms with Crippen LogP contribution >= 0.6 is 0 Å². The van der Waals surface area contributed by atoms with Gasteiger partial charge in [-0.05, 0) is 31.9 Å². The summed E-state index contributed by atoms with van der Waals surface area (Å²) in [5.74, 6) is -0.683. The zero-order valence-electron chi connectivity index (χ0n) is 17.0. The van der Waals surface area contributed by atoms with Crippen molar-refractivity contribution in [1.82, 2.24) is 5.32 Å². The van der Waals surface area contributed by atoms with E-state index in [2.05, 4.69) is 5.32 Å². The van der Waals surface area contributed by atoms with Crippen LogP contribution in [0.1, 0.15) is 38.3 Å². The first-order valence-corrected chi connectivity index (χ1v) is 9.44. The molecule has 154 valence electrons. The Kier molecular flexibility index (Phi) is 7.53. The summed E-state index contributed by atoms with van der Waals surface area (Å²) in [6.07, 6.45) is -0.332. The van der Waals surface area contributed by atoms with E-state index >= 15 is 0 Å². The summed E-state index contributed by atoms with van der Waals surface area (Å²) in [4.78, 5) is 37.0.